The van der Waals surface area contributed by atoms with Crippen molar-refractivity contribution in [2.45, 2.75) is 59.1 Å². The summed E-state index contributed by atoms with van der Waals surface area (Å²) in [5.74, 6) is 0.904. The number of ether oxygens (including phenoxy) is 1. The molecule has 8 heteroatoms. The lowest BCUT2D eigenvalue weighted by Gasteiger charge is -2.25. The van der Waals surface area contributed by atoms with E-state index in [1.54, 1.807) is 7.05 Å². The Labute approximate surface area is 176 Å². The summed E-state index contributed by atoms with van der Waals surface area (Å²) in [6.45, 7) is 15.7. The molecular formula is C18H38IN5O2. The number of likely N-dealkylation sites (N-methyl/N-ethyl adjacent to an activating group) is 1. The molecule has 1 heterocycles. The molecular weight excluding hydrogens is 445 g/mol. The number of hydrogen-bond acceptors (Lipinski definition) is 4. The second-order valence-corrected chi connectivity index (χ2v) is 7.49. The number of carbonyl (C=O) groups excluding carboxylic acids is 1. The fourth-order valence-corrected chi connectivity index (χ4v) is 2.95. The Morgan fingerprint density at radius 3 is 2.54 bits per heavy atom. The second kappa shape index (κ2) is 12.6. The van der Waals surface area contributed by atoms with Gasteiger partial charge in [0.15, 0.2) is 5.96 Å². The van der Waals surface area contributed by atoms with Gasteiger partial charge in [0.05, 0.1) is 6.04 Å². The highest BCUT2D eigenvalue weighted by molar-refractivity contribution is 14.0. The Kier molecular flexibility index (Phi) is 12.2. The number of guanidine groups is 1. The minimum atomic E-state index is -0.469. The summed E-state index contributed by atoms with van der Waals surface area (Å²) in [5.41, 5.74) is -0.469. The molecule has 0 bridgehead atoms. The molecule has 0 radical (unpaired) electrons. The number of alkyl carbamates (subject to hydrolysis) is 1. The molecule has 26 heavy (non-hydrogen) atoms. The average Bonchev–Trinajstić information content (AvgIpc) is 2.96. The van der Waals surface area contributed by atoms with Gasteiger partial charge in [0, 0.05) is 33.2 Å². The number of amides is 1. The van der Waals surface area contributed by atoms with Gasteiger partial charge in [0.1, 0.15) is 5.60 Å². The lowest BCUT2D eigenvalue weighted by Crippen LogP contribution is -2.45. The molecule has 1 rings (SSSR count). The minimum Gasteiger partial charge on any atom is -0.444 e. The van der Waals surface area contributed by atoms with Crippen LogP contribution in [-0.4, -0.2) is 79.8 Å². The highest BCUT2D eigenvalue weighted by Gasteiger charge is 2.27. The van der Waals surface area contributed by atoms with E-state index in [4.69, 9.17) is 4.74 Å². The van der Waals surface area contributed by atoms with Crippen LogP contribution in [0.15, 0.2) is 4.99 Å². The molecule has 1 unspecified atom stereocenters. The maximum Gasteiger partial charge on any atom is 0.407 e. The zero-order valence-corrected chi connectivity index (χ0v) is 19.6. The van der Waals surface area contributed by atoms with Crippen molar-refractivity contribution in [1.82, 2.24) is 20.4 Å². The van der Waals surface area contributed by atoms with Crippen LogP contribution in [0.2, 0.25) is 0 Å². The fraction of sp³-hybridized carbons (Fsp3) is 0.889. The fourth-order valence-electron chi connectivity index (χ4n) is 2.95. The molecule has 1 aliphatic heterocycles. The quantitative estimate of drug-likeness (QED) is 0.331. The first kappa shape index (κ1) is 25.2. The Balaban J connectivity index is 0.00000625. The van der Waals surface area contributed by atoms with Gasteiger partial charge in [-0.15, -0.1) is 24.0 Å². The highest BCUT2D eigenvalue weighted by Crippen LogP contribution is 2.12. The number of rotatable bonds is 7. The third-order valence-electron chi connectivity index (χ3n) is 4.12. The van der Waals surface area contributed by atoms with Crippen molar-refractivity contribution >= 4 is 36.0 Å². The zero-order chi connectivity index (χ0) is 18.9. The van der Waals surface area contributed by atoms with E-state index in [1.807, 2.05) is 20.8 Å². The summed E-state index contributed by atoms with van der Waals surface area (Å²) in [4.78, 5) is 20.9. The van der Waals surface area contributed by atoms with Crippen LogP contribution in [0.4, 0.5) is 4.79 Å². The van der Waals surface area contributed by atoms with Crippen molar-refractivity contribution in [2.24, 2.45) is 4.99 Å². The Morgan fingerprint density at radius 1 is 1.31 bits per heavy atom. The number of nitrogens with one attached hydrogen (secondary N) is 2. The predicted molar refractivity (Wildman–Crippen MR) is 119 cm³/mol. The standard InChI is InChI=1S/C18H37N5O2.HI/c1-7-11-22(8-2)13-10-20-16(19-6)23-12-9-15(14-23)21-17(24)25-18(3,4)5;/h15H,7-14H2,1-6H3,(H,19,20)(H,21,24);1H. The summed E-state index contributed by atoms with van der Waals surface area (Å²) in [5, 5.41) is 6.39. The molecule has 0 aromatic heterocycles. The lowest BCUT2D eigenvalue weighted by molar-refractivity contribution is 0.0507. The van der Waals surface area contributed by atoms with E-state index < -0.39 is 5.60 Å². The summed E-state index contributed by atoms with van der Waals surface area (Å²) < 4.78 is 5.33. The summed E-state index contributed by atoms with van der Waals surface area (Å²) in [6, 6.07) is 0.0978. The third kappa shape index (κ3) is 9.80. The van der Waals surface area contributed by atoms with Crippen LogP contribution in [0, 0.1) is 0 Å². The van der Waals surface area contributed by atoms with E-state index in [0.717, 1.165) is 51.6 Å². The molecule has 1 atom stereocenters. The van der Waals surface area contributed by atoms with Crippen LogP contribution in [0.3, 0.4) is 0 Å². The van der Waals surface area contributed by atoms with Crippen molar-refractivity contribution in [3.05, 3.63) is 0 Å². The van der Waals surface area contributed by atoms with Crippen LogP contribution >= 0.6 is 24.0 Å². The largest absolute Gasteiger partial charge is 0.444 e. The van der Waals surface area contributed by atoms with Gasteiger partial charge in [-0.1, -0.05) is 13.8 Å². The predicted octanol–water partition coefficient (Wildman–Crippen LogP) is 2.51. The summed E-state index contributed by atoms with van der Waals surface area (Å²) in [6.07, 6.45) is 1.73. The maximum atomic E-state index is 11.9. The van der Waals surface area contributed by atoms with Gasteiger partial charge >= 0.3 is 6.09 Å². The molecule has 1 fully saturated rings. The van der Waals surface area contributed by atoms with Crippen molar-refractivity contribution in [3.63, 3.8) is 0 Å². The van der Waals surface area contributed by atoms with E-state index in [0.29, 0.717) is 0 Å². The zero-order valence-electron chi connectivity index (χ0n) is 17.3. The van der Waals surface area contributed by atoms with E-state index in [-0.39, 0.29) is 36.1 Å². The molecule has 0 spiro atoms. The van der Waals surface area contributed by atoms with Crippen molar-refractivity contribution in [3.8, 4) is 0 Å². The normalized spacial score (nSPS) is 17.9. The SMILES string of the molecule is CCCN(CC)CCNC(=NC)N1CCC(NC(=O)OC(C)(C)C)C1.I. The second-order valence-electron chi connectivity index (χ2n) is 7.49. The van der Waals surface area contributed by atoms with Gasteiger partial charge in [-0.3, -0.25) is 4.99 Å². The molecule has 154 valence electrons. The highest BCUT2D eigenvalue weighted by atomic mass is 127. The Hall–Kier alpha value is -0.770. The molecule has 0 saturated carbocycles. The number of aliphatic imine (C=N–C) groups is 1. The van der Waals surface area contributed by atoms with Gasteiger partial charge in [-0.05, 0) is 46.7 Å². The van der Waals surface area contributed by atoms with E-state index >= 15 is 0 Å². The van der Waals surface area contributed by atoms with Crippen LogP contribution in [0.5, 0.6) is 0 Å². The topological polar surface area (TPSA) is 69.2 Å². The Bertz CT molecular complexity index is 440. The molecule has 1 aliphatic rings. The summed E-state index contributed by atoms with van der Waals surface area (Å²) in [7, 11) is 1.81. The third-order valence-corrected chi connectivity index (χ3v) is 4.12. The van der Waals surface area contributed by atoms with Crippen LogP contribution in [-0.2, 0) is 4.74 Å². The number of hydrogen-bond donors (Lipinski definition) is 2. The van der Waals surface area contributed by atoms with Gasteiger partial charge in [-0.25, -0.2) is 4.79 Å². The molecule has 0 aromatic carbocycles. The van der Waals surface area contributed by atoms with E-state index in [9.17, 15) is 4.79 Å². The Morgan fingerprint density at radius 2 is 2.00 bits per heavy atom. The van der Waals surface area contributed by atoms with Crippen molar-refractivity contribution in [2.75, 3.05) is 46.3 Å². The molecule has 7 nitrogen and oxygen atoms in total. The van der Waals surface area contributed by atoms with Crippen LogP contribution in [0.1, 0.15) is 47.5 Å². The monoisotopic (exact) mass is 483 g/mol. The molecule has 2 N–H and O–H groups in total. The number of carbonyl (C=O) groups is 1. The summed E-state index contributed by atoms with van der Waals surface area (Å²) >= 11 is 0. The van der Waals surface area contributed by atoms with Gasteiger partial charge in [-0.2, -0.15) is 0 Å². The number of likely N-dealkylation sites (tertiary alicyclic amines) is 1. The van der Waals surface area contributed by atoms with Crippen LogP contribution in [0.25, 0.3) is 0 Å². The van der Waals surface area contributed by atoms with Crippen molar-refractivity contribution < 1.29 is 9.53 Å². The van der Waals surface area contributed by atoms with E-state index in [1.165, 1.54) is 6.42 Å². The first-order valence-corrected chi connectivity index (χ1v) is 9.46. The molecule has 1 amide bonds. The molecule has 1 saturated heterocycles. The smallest absolute Gasteiger partial charge is 0.407 e. The molecule has 0 aromatic rings. The number of nitrogens with zero attached hydrogens (tertiary/aromatic N) is 3. The van der Waals surface area contributed by atoms with Gasteiger partial charge in [0.25, 0.3) is 0 Å². The molecule has 0 aliphatic carbocycles. The average molecular weight is 483 g/mol. The maximum absolute atomic E-state index is 11.9. The first-order valence-electron chi connectivity index (χ1n) is 9.46. The lowest BCUT2D eigenvalue weighted by atomic mass is 10.2. The van der Waals surface area contributed by atoms with Crippen LogP contribution < -0.4 is 10.6 Å². The van der Waals surface area contributed by atoms with E-state index in [2.05, 4.69) is 39.3 Å². The number of halogens is 1. The first-order chi connectivity index (χ1) is 11.8. The van der Waals surface area contributed by atoms with Gasteiger partial charge < -0.3 is 25.2 Å². The van der Waals surface area contributed by atoms with Crippen molar-refractivity contribution in [1.29, 1.82) is 0 Å². The van der Waals surface area contributed by atoms with Gasteiger partial charge in [0.2, 0.25) is 0 Å². The minimum absolute atomic E-state index is 0.